The molecule has 4 atom stereocenters. The number of fused-ring (bicyclic) bond motifs is 1. The summed E-state index contributed by atoms with van der Waals surface area (Å²) in [5.74, 6) is -0.627. The average molecular weight is 586 g/mol. The summed E-state index contributed by atoms with van der Waals surface area (Å²) in [4.78, 5) is 26.4. The summed E-state index contributed by atoms with van der Waals surface area (Å²) in [6.45, 7) is 5.59. The Morgan fingerprint density at radius 1 is 1.05 bits per heavy atom. The molecule has 1 heterocycles. The molecule has 0 saturated carbocycles. The number of hydrogen-bond acceptors (Lipinski definition) is 8. The minimum Gasteiger partial charge on any atom is -0.508 e. The van der Waals surface area contributed by atoms with Crippen LogP contribution in [0.1, 0.15) is 32.8 Å². The lowest BCUT2D eigenvalue weighted by atomic mass is 10.0. The van der Waals surface area contributed by atoms with Gasteiger partial charge in [-0.1, -0.05) is 42.5 Å². The van der Waals surface area contributed by atoms with Crippen molar-refractivity contribution in [1.82, 2.24) is 16.0 Å². The Bertz CT molecular complexity index is 1470. The molecule has 4 rings (SSSR count). The number of hydrogen-bond donors (Lipinski definition) is 5. The SMILES string of the molecule is CC(C)(C)OC(=O)NC(Cc1ccc(O)cc1)C(=O)NC([C@@H]1C[C@@H](S)CN1)S(=O)(=O)c1ccc2ccccc2c1. The quantitative estimate of drug-likeness (QED) is 0.255. The zero-order valence-corrected chi connectivity index (χ0v) is 24.3. The molecule has 1 aliphatic rings. The number of rotatable bonds is 8. The first-order chi connectivity index (χ1) is 18.8. The van der Waals surface area contributed by atoms with Gasteiger partial charge in [-0.15, -0.1) is 0 Å². The van der Waals surface area contributed by atoms with Gasteiger partial charge in [0.05, 0.1) is 4.90 Å². The molecule has 40 heavy (non-hydrogen) atoms. The fourth-order valence-corrected chi connectivity index (χ4v) is 6.72. The molecule has 1 saturated heterocycles. The number of nitrogens with one attached hydrogen (secondary N) is 3. The highest BCUT2D eigenvalue weighted by atomic mass is 32.2. The van der Waals surface area contributed by atoms with E-state index >= 15 is 0 Å². The highest BCUT2D eigenvalue weighted by molar-refractivity contribution is 7.92. The third-order valence-electron chi connectivity index (χ3n) is 6.56. The number of aromatic hydroxyl groups is 1. The van der Waals surface area contributed by atoms with Crippen molar-refractivity contribution in [2.45, 2.75) is 66.8 Å². The van der Waals surface area contributed by atoms with E-state index in [2.05, 4.69) is 28.6 Å². The third-order valence-corrected chi connectivity index (χ3v) is 8.98. The summed E-state index contributed by atoms with van der Waals surface area (Å²) in [7, 11) is -4.07. The number of thiol groups is 1. The standard InChI is InChI=1S/C29H35N3O6S2/c1-29(2,3)38-28(35)31-24(14-18-8-11-21(33)12-9-18)26(34)32-27(25-16-22(39)17-30-25)40(36,37)23-13-10-19-6-4-5-7-20(19)15-23/h4-13,15,22,24-25,27,30,33,39H,14,16-17H2,1-3H3,(H,31,35)(H,32,34)/t22-,24?,25+,27?/m1/s1. The molecule has 11 heteroatoms. The summed E-state index contributed by atoms with van der Waals surface area (Å²) >= 11 is 4.50. The fraction of sp³-hybridized carbons (Fsp3) is 0.379. The lowest BCUT2D eigenvalue weighted by Crippen LogP contribution is -2.57. The first-order valence-corrected chi connectivity index (χ1v) is 15.1. The molecule has 2 amide bonds. The number of alkyl carbamates (subject to hydrolysis) is 1. The Labute approximate surface area is 240 Å². The van der Waals surface area contributed by atoms with Crippen molar-refractivity contribution >= 4 is 45.2 Å². The molecular formula is C29H35N3O6S2. The van der Waals surface area contributed by atoms with Crippen molar-refractivity contribution in [3.63, 3.8) is 0 Å². The van der Waals surface area contributed by atoms with Crippen molar-refractivity contribution in [2.75, 3.05) is 6.54 Å². The highest BCUT2D eigenvalue weighted by Gasteiger charge is 2.41. The van der Waals surface area contributed by atoms with E-state index in [9.17, 15) is 23.1 Å². The maximum atomic E-state index is 14.0. The van der Waals surface area contributed by atoms with E-state index in [1.54, 1.807) is 45.0 Å². The zero-order chi connectivity index (χ0) is 29.1. The van der Waals surface area contributed by atoms with Crippen LogP contribution in [-0.2, 0) is 25.8 Å². The van der Waals surface area contributed by atoms with Gasteiger partial charge in [0.15, 0.2) is 5.37 Å². The molecule has 9 nitrogen and oxygen atoms in total. The lowest BCUT2D eigenvalue weighted by Gasteiger charge is -2.28. The van der Waals surface area contributed by atoms with Crippen LogP contribution >= 0.6 is 12.6 Å². The van der Waals surface area contributed by atoms with Gasteiger partial charge in [-0.3, -0.25) is 4.79 Å². The van der Waals surface area contributed by atoms with E-state index in [-0.39, 0.29) is 22.3 Å². The molecule has 0 aliphatic carbocycles. The van der Waals surface area contributed by atoms with Crippen LogP contribution in [0.15, 0.2) is 71.6 Å². The molecule has 0 aromatic heterocycles. The van der Waals surface area contributed by atoms with Gasteiger partial charge in [0, 0.05) is 24.3 Å². The molecule has 0 radical (unpaired) electrons. The van der Waals surface area contributed by atoms with E-state index < -0.39 is 44.9 Å². The van der Waals surface area contributed by atoms with Crippen molar-refractivity contribution in [3.05, 3.63) is 72.3 Å². The van der Waals surface area contributed by atoms with Crippen molar-refractivity contribution in [1.29, 1.82) is 0 Å². The monoisotopic (exact) mass is 585 g/mol. The van der Waals surface area contributed by atoms with Gasteiger partial charge in [0.1, 0.15) is 17.4 Å². The molecule has 3 aromatic rings. The van der Waals surface area contributed by atoms with Gasteiger partial charge < -0.3 is 25.8 Å². The lowest BCUT2D eigenvalue weighted by molar-refractivity contribution is -0.123. The van der Waals surface area contributed by atoms with Crippen LogP contribution in [0.25, 0.3) is 10.8 Å². The predicted molar refractivity (Wildman–Crippen MR) is 157 cm³/mol. The number of sulfone groups is 1. The van der Waals surface area contributed by atoms with E-state index in [0.29, 0.717) is 18.5 Å². The molecule has 4 N–H and O–H groups in total. The van der Waals surface area contributed by atoms with Gasteiger partial charge in [0.25, 0.3) is 0 Å². The maximum absolute atomic E-state index is 14.0. The Balaban J connectivity index is 1.65. The first kappa shape index (κ1) is 29.7. The maximum Gasteiger partial charge on any atom is 0.408 e. The van der Waals surface area contributed by atoms with Gasteiger partial charge in [0.2, 0.25) is 15.7 Å². The van der Waals surface area contributed by atoms with Crippen LogP contribution in [0.4, 0.5) is 4.79 Å². The topological polar surface area (TPSA) is 134 Å². The highest BCUT2D eigenvalue weighted by Crippen LogP contribution is 2.26. The van der Waals surface area contributed by atoms with Gasteiger partial charge in [-0.2, -0.15) is 12.6 Å². The first-order valence-electron chi connectivity index (χ1n) is 13.0. The van der Waals surface area contributed by atoms with Crippen molar-refractivity contribution in [2.24, 2.45) is 0 Å². The van der Waals surface area contributed by atoms with Crippen molar-refractivity contribution in [3.8, 4) is 5.75 Å². The number of ether oxygens (including phenoxy) is 1. The number of phenolic OH excluding ortho intramolecular Hbond substituents is 1. The summed E-state index contributed by atoms with van der Waals surface area (Å²) in [6.07, 6.45) is -0.348. The minimum atomic E-state index is -4.07. The van der Waals surface area contributed by atoms with E-state index in [4.69, 9.17) is 4.74 Å². The number of amides is 2. The molecule has 2 unspecified atom stereocenters. The summed E-state index contributed by atoms with van der Waals surface area (Å²) in [5.41, 5.74) is -0.154. The van der Waals surface area contributed by atoms with Crippen LogP contribution in [0.5, 0.6) is 5.75 Å². The number of benzene rings is 3. The molecule has 0 spiro atoms. The number of phenols is 1. The number of carbonyl (C=O) groups is 2. The van der Waals surface area contributed by atoms with Crippen LogP contribution in [0.2, 0.25) is 0 Å². The largest absolute Gasteiger partial charge is 0.508 e. The molecule has 214 valence electrons. The second-order valence-electron chi connectivity index (χ2n) is 11.0. The second-order valence-corrected chi connectivity index (χ2v) is 13.8. The molecule has 1 aliphatic heterocycles. The molecule has 1 fully saturated rings. The summed E-state index contributed by atoms with van der Waals surface area (Å²) in [5, 5.41) is 18.4. The van der Waals surface area contributed by atoms with Crippen molar-refractivity contribution < 1.29 is 27.9 Å². The Hall–Kier alpha value is -3.28. The van der Waals surface area contributed by atoms with Gasteiger partial charge in [-0.05, 0) is 67.8 Å². The predicted octanol–water partition coefficient (Wildman–Crippen LogP) is 3.56. The zero-order valence-electron chi connectivity index (χ0n) is 22.6. The van der Waals surface area contributed by atoms with E-state index in [1.807, 2.05) is 24.3 Å². The normalized spacial score (nSPS) is 19.1. The summed E-state index contributed by atoms with van der Waals surface area (Å²) < 4.78 is 33.4. The molecular weight excluding hydrogens is 550 g/mol. The fourth-order valence-electron chi connectivity index (χ4n) is 4.63. The molecule has 3 aromatic carbocycles. The molecule has 0 bridgehead atoms. The summed E-state index contributed by atoms with van der Waals surface area (Å²) in [6, 6.07) is 16.8. The number of carbonyl (C=O) groups excluding carboxylic acids is 2. The smallest absolute Gasteiger partial charge is 0.408 e. The van der Waals surface area contributed by atoms with Crippen LogP contribution in [0.3, 0.4) is 0 Å². The van der Waals surface area contributed by atoms with Crippen LogP contribution in [0, 0.1) is 0 Å². The van der Waals surface area contributed by atoms with Crippen LogP contribution in [-0.4, -0.2) is 60.4 Å². The average Bonchev–Trinajstić information content (AvgIpc) is 3.32. The van der Waals surface area contributed by atoms with Crippen LogP contribution < -0.4 is 16.0 Å². The Morgan fingerprint density at radius 3 is 2.35 bits per heavy atom. The van der Waals surface area contributed by atoms with Gasteiger partial charge >= 0.3 is 6.09 Å². The van der Waals surface area contributed by atoms with E-state index in [0.717, 1.165) is 10.8 Å². The van der Waals surface area contributed by atoms with Gasteiger partial charge in [-0.25, -0.2) is 13.2 Å². The van der Waals surface area contributed by atoms with E-state index in [1.165, 1.54) is 18.2 Å². The minimum absolute atomic E-state index is 0.0430. The second kappa shape index (κ2) is 12.1. The Morgan fingerprint density at radius 2 is 1.73 bits per heavy atom. The third kappa shape index (κ3) is 7.47. The Kier molecular flexibility index (Phi) is 8.96.